The summed E-state index contributed by atoms with van der Waals surface area (Å²) in [5.74, 6) is 1.29. The van der Waals surface area contributed by atoms with Gasteiger partial charge in [0.2, 0.25) is 0 Å². The molecule has 0 unspecified atom stereocenters. The van der Waals surface area contributed by atoms with Gasteiger partial charge in [-0.1, -0.05) is 6.07 Å². The van der Waals surface area contributed by atoms with E-state index in [-0.39, 0.29) is 0 Å². The van der Waals surface area contributed by atoms with Crippen LogP contribution in [-0.4, -0.2) is 14.8 Å². The Hall–Kier alpha value is -0.870. The fraction of sp³-hybridized carbons (Fsp3) is 0.200. The van der Waals surface area contributed by atoms with E-state index < -0.39 is 0 Å². The molecule has 0 aromatic carbocycles. The van der Waals surface area contributed by atoms with Crippen LogP contribution >= 0.6 is 27.5 Å². The van der Waals surface area contributed by atoms with Crippen molar-refractivity contribution >= 4 is 27.5 Å². The fourth-order valence-electron chi connectivity index (χ4n) is 1.27. The Morgan fingerprint density at radius 2 is 2.27 bits per heavy atom. The maximum Gasteiger partial charge on any atom is 0.153 e. The minimum Gasteiger partial charge on any atom is -0.234 e. The summed E-state index contributed by atoms with van der Waals surface area (Å²) in [6.45, 7) is 1.94. The summed E-state index contributed by atoms with van der Waals surface area (Å²) in [5.41, 5.74) is 1.99. The number of hydrogen-bond donors (Lipinski definition) is 0. The van der Waals surface area contributed by atoms with Crippen LogP contribution in [0.5, 0.6) is 0 Å². The number of pyridine rings is 1. The van der Waals surface area contributed by atoms with E-state index in [1.165, 1.54) is 0 Å². The SMILES string of the molecule is Cc1nc(-n2cc(Br)cn2)ccc1CCl. The molecule has 2 rings (SSSR count). The highest BCUT2D eigenvalue weighted by atomic mass is 79.9. The highest BCUT2D eigenvalue weighted by molar-refractivity contribution is 9.10. The second kappa shape index (κ2) is 4.33. The molecule has 3 nitrogen and oxygen atoms in total. The standard InChI is InChI=1S/C10H9BrClN3/c1-7-8(4-12)2-3-10(14-7)15-6-9(11)5-13-15/h2-3,5-6H,4H2,1H3. The average Bonchev–Trinajstić information content (AvgIpc) is 2.65. The van der Waals surface area contributed by atoms with Crippen molar-refractivity contribution in [1.82, 2.24) is 14.8 Å². The minimum atomic E-state index is 0.488. The molecule has 0 fully saturated rings. The lowest BCUT2D eigenvalue weighted by molar-refractivity contribution is 0.837. The van der Waals surface area contributed by atoms with Crippen molar-refractivity contribution in [3.63, 3.8) is 0 Å². The van der Waals surface area contributed by atoms with Gasteiger partial charge in [0.1, 0.15) is 0 Å². The summed E-state index contributed by atoms with van der Waals surface area (Å²) >= 11 is 9.11. The van der Waals surface area contributed by atoms with E-state index in [9.17, 15) is 0 Å². The number of aryl methyl sites for hydroxylation is 1. The van der Waals surface area contributed by atoms with Gasteiger partial charge in [-0.05, 0) is 34.5 Å². The van der Waals surface area contributed by atoms with Crippen molar-refractivity contribution in [3.8, 4) is 5.82 Å². The quantitative estimate of drug-likeness (QED) is 0.794. The normalized spacial score (nSPS) is 10.6. The van der Waals surface area contributed by atoms with Gasteiger partial charge in [0.15, 0.2) is 5.82 Å². The highest BCUT2D eigenvalue weighted by Crippen LogP contribution is 2.14. The van der Waals surface area contributed by atoms with E-state index in [2.05, 4.69) is 26.0 Å². The van der Waals surface area contributed by atoms with Gasteiger partial charge in [-0.2, -0.15) is 5.10 Å². The molecule has 2 heterocycles. The first-order chi connectivity index (χ1) is 7.20. The van der Waals surface area contributed by atoms with Crippen molar-refractivity contribution in [2.45, 2.75) is 12.8 Å². The Morgan fingerprint density at radius 1 is 1.47 bits per heavy atom. The third-order valence-electron chi connectivity index (χ3n) is 2.11. The van der Waals surface area contributed by atoms with E-state index in [0.717, 1.165) is 21.5 Å². The molecule has 2 aromatic rings. The molecule has 0 saturated heterocycles. The van der Waals surface area contributed by atoms with Gasteiger partial charge in [-0.3, -0.25) is 0 Å². The zero-order chi connectivity index (χ0) is 10.8. The molecular formula is C10H9BrClN3. The van der Waals surface area contributed by atoms with Gasteiger partial charge < -0.3 is 0 Å². The zero-order valence-electron chi connectivity index (χ0n) is 8.11. The molecule has 0 amide bonds. The topological polar surface area (TPSA) is 30.7 Å². The summed E-state index contributed by atoms with van der Waals surface area (Å²) < 4.78 is 2.65. The summed E-state index contributed by atoms with van der Waals surface area (Å²) in [5, 5.41) is 4.16. The summed E-state index contributed by atoms with van der Waals surface area (Å²) in [7, 11) is 0. The van der Waals surface area contributed by atoms with Crippen molar-refractivity contribution < 1.29 is 0 Å². The van der Waals surface area contributed by atoms with Gasteiger partial charge in [0.05, 0.1) is 10.7 Å². The lowest BCUT2D eigenvalue weighted by Gasteiger charge is -2.04. The molecule has 0 bridgehead atoms. The highest BCUT2D eigenvalue weighted by Gasteiger charge is 2.03. The van der Waals surface area contributed by atoms with E-state index in [4.69, 9.17) is 11.6 Å². The van der Waals surface area contributed by atoms with Crippen LogP contribution in [0, 0.1) is 6.92 Å². The first kappa shape index (κ1) is 10.6. The van der Waals surface area contributed by atoms with Crippen LogP contribution in [-0.2, 0) is 5.88 Å². The van der Waals surface area contributed by atoms with Crippen LogP contribution in [0.3, 0.4) is 0 Å². The van der Waals surface area contributed by atoms with Gasteiger partial charge in [0, 0.05) is 17.8 Å². The Kier molecular flexibility index (Phi) is 3.07. The van der Waals surface area contributed by atoms with E-state index in [1.807, 2.05) is 25.3 Å². The molecule has 15 heavy (non-hydrogen) atoms. The Morgan fingerprint density at radius 3 is 2.80 bits per heavy atom. The Balaban J connectivity index is 2.42. The monoisotopic (exact) mass is 285 g/mol. The lowest BCUT2D eigenvalue weighted by atomic mass is 10.2. The fourth-order valence-corrected chi connectivity index (χ4v) is 1.84. The Labute approximate surface area is 101 Å². The van der Waals surface area contributed by atoms with Crippen molar-refractivity contribution in [1.29, 1.82) is 0 Å². The summed E-state index contributed by atoms with van der Waals surface area (Å²) in [6, 6.07) is 3.88. The van der Waals surface area contributed by atoms with Crippen LogP contribution in [0.4, 0.5) is 0 Å². The lowest BCUT2D eigenvalue weighted by Crippen LogP contribution is -2.00. The molecule has 0 aliphatic carbocycles. The number of alkyl halides is 1. The van der Waals surface area contributed by atoms with E-state index >= 15 is 0 Å². The average molecular weight is 287 g/mol. The molecule has 78 valence electrons. The number of nitrogens with zero attached hydrogens (tertiary/aromatic N) is 3. The molecule has 2 aromatic heterocycles. The van der Waals surface area contributed by atoms with Crippen molar-refractivity contribution in [3.05, 3.63) is 40.3 Å². The van der Waals surface area contributed by atoms with Crippen LogP contribution in [0.25, 0.3) is 5.82 Å². The first-order valence-electron chi connectivity index (χ1n) is 4.44. The molecular weight excluding hydrogens is 277 g/mol. The van der Waals surface area contributed by atoms with Crippen molar-refractivity contribution in [2.75, 3.05) is 0 Å². The third-order valence-corrected chi connectivity index (χ3v) is 2.81. The van der Waals surface area contributed by atoms with E-state index in [0.29, 0.717) is 5.88 Å². The molecule has 0 radical (unpaired) electrons. The smallest absolute Gasteiger partial charge is 0.153 e. The Bertz CT molecular complexity index is 481. The molecule has 0 N–H and O–H groups in total. The number of aromatic nitrogens is 3. The maximum absolute atomic E-state index is 5.76. The largest absolute Gasteiger partial charge is 0.234 e. The van der Waals surface area contributed by atoms with Gasteiger partial charge >= 0.3 is 0 Å². The second-order valence-electron chi connectivity index (χ2n) is 3.15. The number of rotatable bonds is 2. The van der Waals surface area contributed by atoms with Crippen LogP contribution in [0.1, 0.15) is 11.3 Å². The maximum atomic E-state index is 5.76. The predicted molar refractivity (Wildman–Crippen MR) is 63.4 cm³/mol. The predicted octanol–water partition coefficient (Wildman–Crippen LogP) is 3.08. The molecule has 0 saturated carbocycles. The van der Waals surface area contributed by atoms with Crippen LogP contribution < -0.4 is 0 Å². The zero-order valence-corrected chi connectivity index (χ0v) is 10.5. The van der Waals surface area contributed by atoms with Crippen LogP contribution in [0.2, 0.25) is 0 Å². The molecule has 0 aliphatic rings. The molecule has 0 spiro atoms. The minimum absolute atomic E-state index is 0.488. The third kappa shape index (κ3) is 2.21. The first-order valence-corrected chi connectivity index (χ1v) is 5.76. The number of halogens is 2. The molecule has 0 aliphatic heterocycles. The second-order valence-corrected chi connectivity index (χ2v) is 4.33. The number of hydrogen-bond acceptors (Lipinski definition) is 2. The summed E-state index contributed by atoms with van der Waals surface area (Å²) in [6.07, 6.45) is 3.59. The summed E-state index contributed by atoms with van der Waals surface area (Å²) in [4.78, 5) is 4.42. The van der Waals surface area contributed by atoms with Gasteiger partial charge in [-0.15, -0.1) is 11.6 Å². The molecule has 5 heteroatoms. The van der Waals surface area contributed by atoms with Crippen LogP contribution in [0.15, 0.2) is 29.0 Å². The van der Waals surface area contributed by atoms with E-state index in [1.54, 1.807) is 10.9 Å². The van der Waals surface area contributed by atoms with Gasteiger partial charge in [0.25, 0.3) is 0 Å². The van der Waals surface area contributed by atoms with Crippen molar-refractivity contribution in [2.24, 2.45) is 0 Å². The molecule has 0 atom stereocenters. The van der Waals surface area contributed by atoms with Gasteiger partial charge in [-0.25, -0.2) is 9.67 Å².